The largest absolute Gasteiger partial charge is 0.454 e. The monoisotopic (exact) mass is 451 g/mol. The van der Waals surface area contributed by atoms with Crippen molar-refractivity contribution in [2.45, 2.75) is 5.16 Å². The van der Waals surface area contributed by atoms with Gasteiger partial charge in [-0.15, -0.1) is 21.5 Å². The molecule has 0 spiro atoms. The van der Waals surface area contributed by atoms with Gasteiger partial charge < -0.3 is 19.4 Å². The van der Waals surface area contributed by atoms with Gasteiger partial charge in [0.2, 0.25) is 12.7 Å². The third-order valence-corrected chi connectivity index (χ3v) is 6.40. The Kier molecular flexibility index (Phi) is 5.31. The second-order valence-corrected chi connectivity index (χ2v) is 8.47. The Morgan fingerprint density at radius 2 is 1.97 bits per heavy atom. The highest BCUT2D eigenvalue weighted by atomic mass is 32.2. The summed E-state index contributed by atoms with van der Waals surface area (Å²) in [6.45, 7) is 0.222. The summed E-state index contributed by atoms with van der Waals surface area (Å²) in [5.74, 6) is 2.15. The molecule has 156 valence electrons. The molecular formula is C21H17N5O3S2. The zero-order chi connectivity index (χ0) is 21.2. The predicted octanol–water partition coefficient (Wildman–Crippen LogP) is 4.07. The van der Waals surface area contributed by atoms with Gasteiger partial charge in [-0.05, 0) is 18.2 Å². The Hall–Kier alpha value is -3.37. The molecule has 0 unspecified atom stereocenters. The number of carbonyl (C=O) groups is 1. The highest BCUT2D eigenvalue weighted by molar-refractivity contribution is 7.99. The maximum Gasteiger partial charge on any atom is 0.236 e. The minimum Gasteiger partial charge on any atom is -0.454 e. The van der Waals surface area contributed by atoms with E-state index in [1.54, 1.807) is 0 Å². The number of amides is 1. The quantitative estimate of drug-likeness (QED) is 0.442. The molecule has 0 bridgehead atoms. The highest BCUT2D eigenvalue weighted by Gasteiger charge is 2.18. The molecule has 31 heavy (non-hydrogen) atoms. The standard InChI is InChI=1S/C21H17N5O3S2/c1-26-19(14-7-8-16-17(9-14)29-12-28-16)24-25-21(26)31-11-18(27)23-20-22-15(10-30-20)13-5-3-2-4-6-13/h2-10H,11-12H2,1H3,(H,22,23,27). The molecule has 1 N–H and O–H groups in total. The fourth-order valence-corrected chi connectivity index (χ4v) is 4.53. The first-order valence-electron chi connectivity index (χ1n) is 9.40. The summed E-state index contributed by atoms with van der Waals surface area (Å²) < 4.78 is 12.6. The van der Waals surface area contributed by atoms with Crippen LogP contribution in [-0.4, -0.2) is 38.2 Å². The number of thiazole rings is 1. The number of ether oxygens (including phenoxy) is 2. The van der Waals surface area contributed by atoms with E-state index >= 15 is 0 Å². The van der Waals surface area contributed by atoms with Gasteiger partial charge >= 0.3 is 0 Å². The van der Waals surface area contributed by atoms with Crippen molar-refractivity contribution >= 4 is 34.1 Å². The number of hydrogen-bond acceptors (Lipinski definition) is 8. The van der Waals surface area contributed by atoms with Crippen LogP contribution in [-0.2, 0) is 11.8 Å². The summed E-state index contributed by atoms with van der Waals surface area (Å²) >= 11 is 2.72. The van der Waals surface area contributed by atoms with Crippen molar-refractivity contribution in [3.63, 3.8) is 0 Å². The van der Waals surface area contributed by atoms with Crippen LogP contribution in [0.25, 0.3) is 22.6 Å². The van der Waals surface area contributed by atoms with Crippen molar-refractivity contribution in [1.82, 2.24) is 19.7 Å². The summed E-state index contributed by atoms with van der Waals surface area (Å²) in [5.41, 5.74) is 2.73. The molecule has 1 aliphatic rings. The number of anilines is 1. The third kappa shape index (κ3) is 4.12. The first-order valence-corrected chi connectivity index (χ1v) is 11.3. The minimum atomic E-state index is -0.147. The summed E-state index contributed by atoms with van der Waals surface area (Å²) in [6, 6.07) is 15.5. The van der Waals surface area contributed by atoms with E-state index in [0.717, 1.165) is 22.6 Å². The number of benzene rings is 2. The Labute approximate surface area is 186 Å². The second kappa shape index (κ2) is 8.40. The molecule has 5 rings (SSSR count). The van der Waals surface area contributed by atoms with Crippen LogP contribution in [0.4, 0.5) is 5.13 Å². The highest BCUT2D eigenvalue weighted by Crippen LogP contribution is 2.36. The number of hydrogen-bond donors (Lipinski definition) is 1. The van der Waals surface area contributed by atoms with E-state index in [1.807, 2.05) is 65.5 Å². The number of nitrogens with zero attached hydrogens (tertiary/aromatic N) is 4. The van der Waals surface area contributed by atoms with E-state index in [2.05, 4.69) is 20.5 Å². The Balaban J connectivity index is 1.22. The van der Waals surface area contributed by atoms with Crippen LogP contribution in [0.3, 0.4) is 0 Å². The number of aromatic nitrogens is 4. The molecule has 0 fully saturated rings. The Bertz CT molecular complexity index is 1240. The topological polar surface area (TPSA) is 91.2 Å². The van der Waals surface area contributed by atoms with Crippen molar-refractivity contribution in [2.75, 3.05) is 17.9 Å². The van der Waals surface area contributed by atoms with Crippen molar-refractivity contribution in [1.29, 1.82) is 0 Å². The average molecular weight is 452 g/mol. The fraction of sp³-hybridized carbons (Fsp3) is 0.143. The van der Waals surface area contributed by atoms with Gasteiger partial charge in [0.1, 0.15) is 0 Å². The van der Waals surface area contributed by atoms with E-state index in [1.165, 1.54) is 23.1 Å². The maximum absolute atomic E-state index is 12.4. The van der Waals surface area contributed by atoms with Crippen molar-refractivity contribution in [2.24, 2.45) is 7.05 Å². The zero-order valence-corrected chi connectivity index (χ0v) is 18.1. The van der Waals surface area contributed by atoms with Gasteiger partial charge in [-0.3, -0.25) is 4.79 Å². The molecule has 10 heteroatoms. The summed E-state index contributed by atoms with van der Waals surface area (Å²) in [4.78, 5) is 16.9. The first-order chi connectivity index (χ1) is 15.2. The second-order valence-electron chi connectivity index (χ2n) is 6.67. The number of fused-ring (bicyclic) bond motifs is 1. The lowest BCUT2D eigenvalue weighted by Gasteiger charge is -2.05. The number of carbonyl (C=O) groups excluding carboxylic acids is 1. The number of nitrogens with one attached hydrogen (secondary N) is 1. The molecule has 1 amide bonds. The molecule has 4 aromatic rings. The lowest BCUT2D eigenvalue weighted by Crippen LogP contribution is -2.14. The predicted molar refractivity (Wildman–Crippen MR) is 119 cm³/mol. The molecular weight excluding hydrogens is 434 g/mol. The molecule has 8 nitrogen and oxygen atoms in total. The van der Waals surface area contributed by atoms with Crippen LogP contribution in [0.2, 0.25) is 0 Å². The maximum atomic E-state index is 12.4. The van der Waals surface area contributed by atoms with Crippen LogP contribution < -0.4 is 14.8 Å². The van der Waals surface area contributed by atoms with Crippen LogP contribution in [0, 0.1) is 0 Å². The number of thioether (sulfide) groups is 1. The van der Waals surface area contributed by atoms with Gasteiger partial charge in [0.15, 0.2) is 27.6 Å². The van der Waals surface area contributed by atoms with Gasteiger partial charge in [0.25, 0.3) is 0 Å². The Morgan fingerprint density at radius 1 is 1.13 bits per heavy atom. The van der Waals surface area contributed by atoms with Crippen molar-refractivity contribution in [3.05, 3.63) is 53.9 Å². The average Bonchev–Trinajstić information content (AvgIpc) is 3.52. The molecule has 0 aliphatic carbocycles. The van der Waals surface area contributed by atoms with E-state index in [4.69, 9.17) is 9.47 Å². The Morgan fingerprint density at radius 3 is 2.84 bits per heavy atom. The fourth-order valence-electron chi connectivity index (χ4n) is 3.09. The molecule has 0 saturated heterocycles. The van der Waals surface area contributed by atoms with E-state index in [9.17, 15) is 4.79 Å². The smallest absolute Gasteiger partial charge is 0.236 e. The molecule has 0 radical (unpaired) electrons. The minimum absolute atomic E-state index is 0.147. The molecule has 0 atom stereocenters. The number of rotatable bonds is 6. The first kappa shape index (κ1) is 19.6. The van der Waals surface area contributed by atoms with E-state index in [-0.39, 0.29) is 18.5 Å². The SMILES string of the molecule is Cn1c(SCC(=O)Nc2nc(-c3ccccc3)cs2)nnc1-c1ccc2c(c1)OCO2. The lowest BCUT2D eigenvalue weighted by molar-refractivity contribution is -0.113. The van der Waals surface area contributed by atoms with Gasteiger partial charge in [0.05, 0.1) is 11.4 Å². The third-order valence-electron chi connectivity index (χ3n) is 4.62. The van der Waals surface area contributed by atoms with Crippen molar-refractivity contribution < 1.29 is 14.3 Å². The lowest BCUT2D eigenvalue weighted by atomic mass is 10.2. The van der Waals surface area contributed by atoms with Crippen LogP contribution in [0.15, 0.2) is 59.1 Å². The van der Waals surface area contributed by atoms with Gasteiger partial charge in [-0.2, -0.15) is 0 Å². The molecule has 1 aliphatic heterocycles. The summed E-state index contributed by atoms with van der Waals surface area (Å²) in [6.07, 6.45) is 0. The van der Waals surface area contributed by atoms with E-state index in [0.29, 0.717) is 21.9 Å². The molecule has 2 aromatic carbocycles. The van der Waals surface area contributed by atoms with Crippen LogP contribution >= 0.6 is 23.1 Å². The van der Waals surface area contributed by atoms with Gasteiger partial charge in [0, 0.05) is 23.6 Å². The molecule has 0 saturated carbocycles. The zero-order valence-electron chi connectivity index (χ0n) is 16.4. The van der Waals surface area contributed by atoms with E-state index < -0.39 is 0 Å². The van der Waals surface area contributed by atoms with Crippen LogP contribution in [0.1, 0.15) is 0 Å². The summed E-state index contributed by atoms with van der Waals surface area (Å²) in [7, 11) is 1.87. The van der Waals surface area contributed by atoms with Crippen molar-refractivity contribution in [3.8, 4) is 34.1 Å². The van der Waals surface area contributed by atoms with Gasteiger partial charge in [-0.25, -0.2) is 4.98 Å². The van der Waals surface area contributed by atoms with Crippen LogP contribution in [0.5, 0.6) is 11.5 Å². The van der Waals surface area contributed by atoms with Gasteiger partial charge in [-0.1, -0.05) is 42.1 Å². The normalized spacial score (nSPS) is 12.2. The molecule has 3 heterocycles. The molecule has 2 aromatic heterocycles. The summed E-state index contributed by atoms with van der Waals surface area (Å²) in [5, 5.41) is 14.5.